The zero-order chi connectivity index (χ0) is 32.1. The number of pyridine rings is 2. The Labute approximate surface area is 256 Å². The number of hydrogen-bond acceptors (Lipinski definition) is 9. The Kier molecular flexibility index (Phi) is 9.77. The van der Waals surface area contributed by atoms with E-state index in [1.54, 1.807) is 51.1 Å². The Morgan fingerprint density at radius 3 is 2.52 bits per heavy atom. The summed E-state index contributed by atoms with van der Waals surface area (Å²) in [5.74, 6) is -1.57. The molecular weight excluding hydrogens is 591 g/mol. The molecule has 2 amide bonds. The third-order valence-corrected chi connectivity index (χ3v) is 8.05. The summed E-state index contributed by atoms with van der Waals surface area (Å²) in [6.45, 7) is 9.87. The van der Waals surface area contributed by atoms with E-state index >= 15 is 0 Å². The molecule has 0 saturated heterocycles. The van der Waals surface area contributed by atoms with E-state index < -0.39 is 49.9 Å². The maximum atomic E-state index is 14.0. The zero-order valence-corrected chi connectivity index (χ0v) is 26.2. The van der Waals surface area contributed by atoms with Gasteiger partial charge in [-0.25, -0.2) is 19.5 Å². The fourth-order valence-electron chi connectivity index (χ4n) is 4.83. The summed E-state index contributed by atoms with van der Waals surface area (Å²) in [5.41, 5.74) is -0.161. The van der Waals surface area contributed by atoms with Crippen molar-refractivity contribution in [2.75, 3.05) is 19.8 Å². The lowest BCUT2D eigenvalue weighted by molar-refractivity contribution is -0.122. The SMILES string of the molecule is CCOc1cccc([C@@H]2C[C@]2(C(=O)NS(=O)(=O)c2cccc(F)n2)c2cc(C)ccc2OCCCNC(=O)OC(C)(C)C)n1. The first-order valence-electron chi connectivity index (χ1n) is 14.3. The Bertz CT molecular complexity index is 1630. The van der Waals surface area contributed by atoms with Gasteiger partial charge < -0.3 is 19.5 Å². The molecule has 1 saturated carbocycles. The predicted octanol–water partition coefficient (Wildman–Crippen LogP) is 4.55. The second-order valence-corrected chi connectivity index (χ2v) is 13.1. The molecule has 13 heteroatoms. The predicted molar refractivity (Wildman–Crippen MR) is 159 cm³/mol. The van der Waals surface area contributed by atoms with Gasteiger partial charge in [-0.1, -0.05) is 29.8 Å². The van der Waals surface area contributed by atoms with Gasteiger partial charge in [-0.15, -0.1) is 0 Å². The van der Waals surface area contributed by atoms with Crippen molar-refractivity contribution in [3.05, 3.63) is 77.4 Å². The Morgan fingerprint density at radius 2 is 1.82 bits per heavy atom. The van der Waals surface area contributed by atoms with Crippen LogP contribution < -0.4 is 19.5 Å². The topological polar surface area (TPSA) is 146 Å². The van der Waals surface area contributed by atoms with E-state index in [0.717, 1.165) is 17.7 Å². The van der Waals surface area contributed by atoms with E-state index in [4.69, 9.17) is 14.2 Å². The molecule has 0 unspecified atom stereocenters. The van der Waals surface area contributed by atoms with Crippen LogP contribution in [-0.2, 0) is 25.0 Å². The quantitative estimate of drug-likeness (QED) is 0.218. The van der Waals surface area contributed by atoms with Crippen molar-refractivity contribution in [3.8, 4) is 11.6 Å². The zero-order valence-electron chi connectivity index (χ0n) is 25.3. The number of nitrogens with zero attached hydrogens (tertiary/aromatic N) is 2. The summed E-state index contributed by atoms with van der Waals surface area (Å²) >= 11 is 0. The molecule has 11 nitrogen and oxygen atoms in total. The van der Waals surface area contributed by atoms with Crippen LogP contribution in [0.4, 0.5) is 9.18 Å². The normalized spacial score (nSPS) is 17.8. The molecular formula is C31H37FN4O7S. The van der Waals surface area contributed by atoms with Crippen molar-refractivity contribution in [2.45, 2.75) is 69.4 Å². The van der Waals surface area contributed by atoms with Crippen LogP contribution >= 0.6 is 0 Å². The van der Waals surface area contributed by atoms with Crippen molar-refractivity contribution < 1.29 is 36.6 Å². The number of ether oxygens (including phenoxy) is 3. The van der Waals surface area contributed by atoms with E-state index in [-0.39, 0.29) is 19.6 Å². The molecule has 0 aliphatic heterocycles. The summed E-state index contributed by atoms with van der Waals surface area (Å²) in [5, 5.41) is 2.06. The first-order valence-corrected chi connectivity index (χ1v) is 15.7. The summed E-state index contributed by atoms with van der Waals surface area (Å²) in [7, 11) is -4.51. The first kappa shape index (κ1) is 32.6. The lowest BCUT2D eigenvalue weighted by Gasteiger charge is -2.22. The van der Waals surface area contributed by atoms with Gasteiger partial charge in [0.1, 0.15) is 11.4 Å². The van der Waals surface area contributed by atoms with Gasteiger partial charge in [-0.2, -0.15) is 12.8 Å². The Morgan fingerprint density at radius 1 is 1.07 bits per heavy atom. The van der Waals surface area contributed by atoms with Crippen LogP contribution in [0.1, 0.15) is 63.3 Å². The molecule has 1 aliphatic rings. The van der Waals surface area contributed by atoms with Gasteiger partial charge in [0.05, 0.1) is 18.6 Å². The van der Waals surface area contributed by atoms with Crippen LogP contribution in [0.15, 0.2) is 59.6 Å². The number of aryl methyl sites for hydroxylation is 1. The van der Waals surface area contributed by atoms with Gasteiger partial charge in [0.15, 0.2) is 5.03 Å². The summed E-state index contributed by atoms with van der Waals surface area (Å²) < 4.78 is 59.1. The van der Waals surface area contributed by atoms with E-state index in [1.807, 2.05) is 19.9 Å². The molecule has 0 radical (unpaired) electrons. The molecule has 0 bridgehead atoms. The van der Waals surface area contributed by atoms with E-state index in [0.29, 0.717) is 35.9 Å². The van der Waals surface area contributed by atoms with Crippen molar-refractivity contribution >= 4 is 22.0 Å². The highest BCUT2D eigenvalue weighted by Gasteiger charge is 2.64. The van der Waals surface area contributed by atoms with Gasteiger partial charge >= 0.3 is 6.09 Å². The van der Waals surface area contributed by atoms with Crippen molar-refractivity contribution in [1.82, 2.24) is 20.0 Å². The average molecular weight is 629 g/mol. The first-order chi connectivity index (χ1) is 20.7. The van der Waals surface area contributed by atoms with Crippen LogP contribution in [0.5, 0.6) is 11.6 Å². The van der Waals surface area contributed by atoms with Gasteiger partial charge in [0, 0.05) is 29.8 Å². The van der Waals surface area contributed by atoms with Crippen molar-refractivity contribution in [3.63, 3.8) is 0 Å². The number of amides is 2. The minimum Gasteiger partial charge on any atom is -0.493 e. The molecule has 44 heavy (non-hydrogen) atoms. The molecule has 1 aliphatic carbocycles. The number of hydrogen-bond donors (Lipinski definition) is 2. The molecule has 2 heterocycles. The maximum Gasteiger partial charge on any atom is 0.407 e. The molecule has 3 aromatic rings. The molecule has 1 aromatic carbocycles. The highest BCUT2D eigenvalue weighted by atomic mass is 32.2. The standard InChI is InChI=1S/C31H37FN4O7S/c1-6-41-26-12-7-10-23(34-26)22-19-31(22,28(37)36-44(39,40)27-13-8-11-25(32)35-27)21-18-20(2)14-15-24(21)42-17-9-16-33-29(38)43-30(3,4)5/h7-8,10-15,18,22H,6,9,16-17,19H2,1-5H3,(H,33,38)(H,36,37)/t22-,31-/m0/s1. The van der Waals surface area contributed by atoms with Crippen LogP contribution in [0.25, 0.3) is 0 Å². The van der Waals surface area contributed by atoms with Crippen LogP contribution in [0.2, 0.25) is 0 Å². The van der Waals surface area contributed by atoms with Crippen molar-refractivity contribution in [2.24, 2.45) is 0 Å². The molecule has 2 aromatic heterocycles. The second kappa shape index (κ2) is 13.2. The molecule has 0 spiro atoms. The number of carbonyl (C=O) groups is 2. The highest BCUT2D eigenvalue weighted by Crippen LogP contribution is 2.62. The minimum atomic E-state index is -4.51. The summed E-state index contributed by atoms with van der Waals surface area (Å²) in [4.78, 5) is 34.0. The summed E-state index contributed by atoms with van der Waals surface area (Å²) in [6, 6.07) is 13.9. The van der Waals surface area contributed by atoms with Gasteiger partial charge in [0.25, 0.3) is 10.0 Å². The average Bonchev–Trinajstić information content (AvgIpc) is 3.70. The monoisotopic (exact) mass is 628 g/mol. The minimum absolute atomic E-state index is 0.192. The number of halogens is 1. The van der Waals surface area contributed by atoms with Crippen LogP contribution in [0.3, 0.4) is 0 Å². The van der Waals surface area contributed by atoms with Gasteiger partial charge in [-0.05, 0) is 71.7 Å². The molecule has 236 valence electrons. The smallest absolute Gasteiger partial charge is 0.407 e. The third kappa shape index (κ3) is 7.81. The third-order valence-electron chi connectivity index (χ3n) is 6.81. The number of aromatic nitrogens is 2. The Balaban J connectivity index is 1.63. The summed E-state index contributed by atoms with van der Waals surface area (Å²) in [6.07, 6.45) is 0.126. The largest absolute Gasteiger partial charge is 0.493 e. The van der Waals surface area contributed by atoms with E-state index in [2.05, 4.69) is 20.0 Å². The number of nitrogens with one attached hydrogen (secondary N) is 2. The number of rotatable bonds is 12. The van der Waals surface area contributed by atoms with E-state index in [9.17, 15) is 22.4 Å². The number of alkyl carbamates (subject to hydrolysis) is 1. The number of sulfonamides is 1. The molecule has 1 fully saturated rings. The van der Waals surface area contributed by atoms with Crippen LogP contribution in [0, 0.1) is 12.9 Å². The molecule has 2 atom stereocenters. The van der Waals surface area contributed by atoms with E-state index in [1.165, 1.54) is 6.07 Å². The molecule has 2 N–H and O–H groups in total. The van der Waals surface area contributed by atoms with Crippen molar-refractivity contribution in [1.29, 1.82) is 0 Å². The Hall–Kier alpha value is -4.26. The highest BCUT2D eigenvalue weighted by molar-refractivity contribution is 7.90. The maximum absolute atomic E-state index is 14.0. The second-order valence-electron chi connectivity index (χ2n) is 11.4. The fourth-order valence-corrected chi connectivity index (χ4v) is 5.82. The van der Waals surface area contributed by atoms with Crippen LogP contribution in [-0.4, -0.2) is 55.7 Å². The molecule has 4 rings (SSSR count). The van der Waals surface area contributed by atoms with Gasteiger partial charge in [0.2, 0.25) is 17.7 Å². The number of benzene rings is 1. The van der Waals surface area contributed by atoms with Gasteiger partial charge in [-0.3, -0.25) is 4.79 Å². The fraction of sp³-hybridized carbons (Fsp3) is 0.419. The lowest BCUT2D eigenvalue weighted by atomic mass is 9.89. The number of carbonyl (C=O) groups excluding carboxylic acids is 2. The lowest BCUT2D eigenvalue weighted by Crippen LogP contribution is -2.40.